The van der Waals surface area contributed by atoms with Crippen LogP contribution in [0.1, 0.15) is 104 Å². The number of fused-ring (bicyclic) bond motifs is 1. The van der Waals surface area contributed by atoms with E-state index in [9.17, 15) is 14.0 Å². The van der Waals surface area contributed by atoms with E-state index in [4.69, 9.17) is 26.4 Å². The number of nitrogens with two attached hydrogens (primary N) is 1. The third-order valence-corrected chi connectivity index (χ3v) is 6.95. The van der Waals surface area contributed by atoms with Crippen LogP contribution in [0.25, 0.3) is 11.2 Å². The first-order chi connectivity index (χ1) is 18.8. The lowest BCUT2D eigenvalue weighted by Crippen LogP contribution is -2.45. The van der Waals surface area contributed by atoms with Crippen LogP contribution in [0.2, 0.25) is 0 Å². The van der Waals surface area contributed by atoms with Crippen LogP contribution in [0.15, 0.2) is 6.33 Å². The molecule has 0 aromatic carbocycles. The fourth-order valence-corrected chi connectivity index (χ4v) is 4.69. The summed E-state index contributed by atoms with van der Waals surface area (Å²) in [7, 11) is 0. The Kier molecular flexibility index (Phi) is 11.5. The van der Waals surface area contributed by atoms with Gasteiger partial charge in [-0.25, -0.2) is 4.98 Å². The number of imidazole rings is 1. The van der Waals surface area contributed by atoms with Gasteiger partial charge >= 0.3 is 18.0 Å². The number of halogens is 1. The minimum Gasteiger partial charge on any atom is -0.461 e. The molecule has 3 heterocycles. The summed E-state index contributed by atoms with van der Waals surface area (Å²) >= 11 is 0. The minimum absolute atomic E-state index is 0.114. The molecule has 1 aliphatic heterocycles. The van der Waals surface area contributed by atoms with E-state index in [1.165, 1.54) is 10.9 Å². The summed E-state index contributed by atoms with van der Waals surface area (Å²) < 4.78 is 33.0. The third kappa shape index (κ3) is 8.12. The van der Waals surface area contributed by atoms with E-state index in [0.717, 1.165) is 57.8 Å². The lowest BCUT2D eigenvalue weighted by molar-refractivity contribution is -0.166. The molecular formula is C28H40FN5O5. The van der Waals surface area contributed by atoms with Gasteiger partial charge in [0.25, 0.3) is 0 Å². The maximum absolute atomic E-state index is 13.9. The zero-order valence-corrected chi connectivity index (χ0v) is 23.0. The second-order valence-corrected chi connectivity index (χ2v) is 10.0. The predicted octanol–water partition coefficient (Wildman–Crippen LogP) is 5.01. The Morgan fingerprint density at radius 1 is 1.10 bits per heavy atom. The molecule has 11 heteroatoms. The van der Waals surface area contributed by atoms with Crippen LogP contribution in [0, 0.1) is 18.4 Å². The predicted molar refractivity (Wildman–Crippen MR) is 144 cm³/mol. The molecule has 0 saturated carbocycles. The highest BCUT2D eigenvalue weighted by Crippen LogP contribution is 2.40. The van der Waals surface area contributed by atoms with Crippen LogP contribution in [-0.4, -0.2) is 49.8 Å². The fourth-order valence-electron chi connectivity index (χ4n) is 4.69. The number of anilines is 1. The summed E-state index contributed by atoms with van der Waals surface area (Å²) in [5, 5.41) is 0. The smallest absolute Gasteiger partial charge is 0.312 e. The van der Waals surface area contributed by atoms with Crippen molar-refractivity contribution in [3.8, 4) is 12.3 Å². The van der Waals surface area contributed by atoms with Gasteiger partial charge in [-0.05, 0) is 12.8 Å². The fraction of sp³-hybridized carbons (Fsp3) is 0.679. The van der Waals surface area contributed by atoms with Gasteiger partial charge in [0.2, 0.25) is 5.60 Å². The lowest BCUT2D eigenvalue weighted by Gasteiger charge is -2.28. The number of nitrogen functional groups attached to an aromatic ring is 1. The van der Waals surface area contributed by atoms with Crippen molar-refractivity contribution in [1.82, 2.24) is 19.5 Å². The molecule has 0 bridgehead atoms. The first kappa shape index (κ1) is 30.3. The number of unbranched alkanes of at least 4 members (excludes halogenated alkanes) is 8. The van der Waals surface area contributed by atoms with Gasteiger partial charge in [0, 0.05) is 19.3 Å². The van der Waals surface area contributed by atoms with E-state index in [0.29, 0.717) is 6.42 Å². The summed E-state index contributed by atoms with van der Waals surface area (Å²) in [5.41, 5.74) is 4.58. The SMILES string of the molecule is C#CC1(COC(=O)CCCCCCC)OC(n2cnc3c(N)nc(F)nc32)CC1OC(=O)CCCCCCC. The molecule has 2 aromatic heterocycles. The Hall–Kier alpha value is -3.26. The first-order valence-electron chi connectivity index (χ1n) is 14.0. The first-order valence-corrected chi connectivity index (χ1v) is 14.0. The van der Waals surface area contributed by atoms with Crippen molar-refractivity contribution in [2.75, 3.05) is 12.3 Å². The molecular weight excluding hydrogens is 505 g/mol. The zero-order chi connectivity index (χ0) is 28.3. The number of nitrogens with zero attached hydrogens (tertiary/aromatic N) is 4. The van der Waals surface area contributed by atoms with Crippen LogP contribution < -0.4 is 5.73 Å². The second kappa shape index (κ2) is 14.8. The molecule has 0 radical (unpaired) electrons. The lowest BCUT2D eigenvalue weighted by atomic mass is 9.98. The maximum Gasteiger partial charge on any atom is 0.312 e. The van der Waals surface area contributed by atoms with Crippen LogP contribution >= 0.6 is 0 Å². The van der Waals surface area contributed by atoms with Gasteiger partial charge in [0.1, 0.15) is 18.9 Å². The van der Waals surface area contributed by atoms with Gasteiger partial charge in [0.15, 0.2) is 17.0 Å². The van der Waals surface area contributed by atoms with Crippen molar-refractivity contribution < 1.29 is 28.2 Å². The molecule has 214 valence electrons. The highest BCUT2D eigenvalue weighted by molar-refractivity contribution is 5.81. The molecule has 2 N–H and O–H groups in total. The van der Waals surface area contributed by atoms with Gasteiger partial charge in [-0.1, -0.05) is 71.1 Å². The van der Waals surface area contributed by atoms with Crippen molar-refractivity contribution in [2.24, 2.45) is 0 Å². The number of aromatic nitrogens is 4. The average Bonchev–Trinajstić information content (AvgIpc) is 3.49. The Labute approximate surface area is 229 Å². The Morgan fingerprint density at radius 3 is 2.38 bits per heavy atom. The van der Waals surface area contributed by atoms with Gasteiger partial charge in [-0.3, -0.25) is 14.2 Å². The van der Waals surface area contributed by atoms with Crippen LogP contribution in [0.4, 0.5) is 10.2 Å². The Balaban J connectivity index is 1.74. The molecule has 3 rings (SSSR count). The molecule has 10 nitrogen and oxygen atoms in total. The summed E-state index contributed by atoms with van der Waals surface area (Å²) in [6, 6.07) is 0. The maximum atomic E-state index is 13.9. The minimum atomic E-state index is -1.53. The van der Waals surface area contributed by atoms with Crippen molar-refractivity contribution in [3.05, 3.63) is 12.4 Å². The van der Waals surface area contributed by atoms with E-state index < -0.39 is 35.9 Å². The summed E-state index contributed by atoms with van der Waals surface area (Å²) in [6.45, 7) is 3.96. The highest BCUT2D eigenvalue weighted by atomic mass is 19.1. The van der Waals surface area contributed by atoms with E-state index in [2.05, 4.69) is 34.7 Å². The number of ether oxygens (including phenoxy) is 3. The van der Waals surface area contributed by atoms with Crippen molar-refractivity contribution >= 4 is 28.9 Å². The Morgan fingerprint density at radius 2 is 1.74 bits per heavy atom. The van der Waals surface area contributed by atoms with Gasteiger partial charge < -0.3 is 19.9 Å². The molecule has 1 saturated heterocycles. The number of terminal acetylenes is 1. The number of carbonyl (C=O) groups excluding carboxylic acids is 2. The number of esters is 2. The van der Waals surface area contributed by atoms with Crippen molar-refractivity contribution in [1.29, 1.82) is 0 Å². The highest BCUT2D eigenvalue weighted by Gasteiger charge is 2.52. The van der Waals surface area contributed by atoms with Gasteiger partial charge in [0.05, 0.1) is 6.33 Å². The molecule has 1 fully saturated rings. The topological polar surface area (TPSA) is 131 Å². The van der Waals surface area contributed by atoms with Gasteiger partial charge in [-0.15, -0.1) is 6.42 Å². The largest absolute Gasteiger partial charge is 0.461 e. The normalized spacial score (nSPS) is 20.7. The molecule has 0 aliphatic carbocycles. The molecule has 1 aliphatic rings. The second-order valence-electron chi connectivity index (χ2n) is 10.0. The molecule has 39 heavy (non-hydrogen) atoms. The van der Waals surface area contributed by atoms with E-state index in [1.807, 2.05) is 0 Å². The molecule has 2 aromatic rings. The number of hydrogen-bond acceptors (Lipinski definition) is 9. The standard InChI is InChI=1S/C28H40FN5O5/c1-4-7-9-11-13-15-22(35)37-18-28(6-3)20(38-23(36)16-14-12-10-8-5-2)17-21(39-28)34-19-31-24-25(30)32-27(29)33-26(24)34/h3,19-21H,4-5,7-18H2,1-2H3,(H2,30,32,33). The molecule has 3 unspecified atom stereocenters. The van der Waals surface area contributed by atoms with E-state index in [-0.39, 0.29) is 42.9 Å². The van der Waals surface area contributed by atoms with E-state index >= 15 is 0 Å². The quantitative estimate of drug-likeness (QED) is 0.134. The van der Waals surface area contributed by atoms with Gasteiger partial charge in [-0.2, -0.15) is 14.4 Å². The monoisotopic (exact) mass is 545 g/mol. The Bertz CT molecular complexity index is 1150. The molecule has 0 spiro atoms. The molecule has 0 amide bonds. The summed E-state index contributed by atoms with van der Waals surface area (Å²) in [6.07, 6.45) is 15.1. The van der Waals surface area contributed by atoms with Crippen LogP contribution in [0.5, 0.6) is 0 Å². The van der Waals surface area contributed by atoms with Crippen LogP contribution in [0.3, 0.4) is 0 Å². The molecule has 3 atom stereocenters. The van der Waals surface area contributed by atoms with Crippen molar-refractivity contribution in [3.63, 3.8) is 0 Å². The number of carbonyl (C=O) groups is 2. The number of hydrogen-bond donors (Lipinski definition) is 1. The third-order valence-electron chi connectivity index (χ3n) is 6.95. The average molecular weight is 546 g/mol. The van der Waals surface area contributed by atoms with Crippen molar-refractivity contribution in [2.45, 2.75) is 115 Å². The van der Waals surface area contributed by atoms with E-state index in [1.54, 1.807) is 0 Å². The zero-order valence-electron chi connectivity index (χ0n) is 23.0. The van der Waals surface area contributed by atoms with Crippen LogP contribution in [-0.2, 0) is 23.8 Å². The summed E-state index contributed by atoms with van der Waals surface area (Å²) in [4.78, 5) is 36.7. The number of rotatable bonds is 16. The summed E-state index contributed by atoms with van der Waals surface area (Å²) in [5.74, 6) is 1.66.